The molecular weight excluding hydrogens is 347 g/mol. The summed E-state index contributed by atoms with van der Waals surface area (Å²) < 4.78 is 16.9. The topological polar surface area (TPSA) is 34.0 Å². The van der Waals surface area contributed by atoms with Crippen LogP contribution >= 0.6 is 15.9 Å². The van der Waals surface area contributed by atoms with Gasteiger partial charge in [-0.3, -0.25) is 0 Å². The second kappa shape index (κ2) is 5.05. The van der Waals surface area contributed by atoms with E-state index >= 15 is 0 Å². The summed E-state index contributed by atoms with van der Waals surface area (Å²) in [7, 11) is 0. The van der Waals surface area contributed by atoms with Crippen LogP contribution in [0.3, 0.4) is 0 Å². The molecule has 0 aliphatic carbocycles. The van der Waals surface area contributed by atoms with E-state index in [1.165, 1.54) is 6.07 Å². The van der Waals surface area contributed by atoms with Gasteiger partial charge in [0.2, 0.25) is 0 Å². The van der Waals surface area contributed by atoms with E-state index in [4.69, 9.17) is 0 Å². The van der Waals surface area contributed by atoms with Gasteiger partial charge in [-0.1, -0.05) is 12.1 Å². The van der Waals surface area contributed by atoms with Crippen LogP contribution in [0.25, 0.3) is 11.0 Å². The van der Waals surface area contributed by atoms with Crippen LogP contribution in [0, 0.1) is 12.7 Å². The molecule has 0 saturated carbocycles. The van der Waals surface area contributed by atoms with Crippen molar-refractivity contribution in [3.05, 3.63) is 52.6 Å². The molecule has 0 spiro atoms. The molecule has 1 aliphatic heterocycles. The van der Waals surface area contributed by atoms with Gasteiger partial charge in [-0.05, 0) is 41.1 Å². The smallest absolute Gasteiger partial charge is 0.166 e. The molecule has 3 heterocycles. The lowest BCUT2D eigenvalue weighted by atomic mass is 10.1. The fourth-order valence-electron chi connectivity index (χ4n) is 3.06. The molecule has 3 aromatic rings. The highest BCUT2D eigenvalue weighted by molar-refractivity contribution is 9.10. The van der Waals surface area contributed by atoms with Crippen molar-refractivity contribution < 1.29 is 4.39 Å². The molecule has 0 bridgehead atoms. The molecule has 0 unspecified atom stereocenters. The number of para-hydroxylation sites is 2. The van der Waals surface area contributed by atoms with Crippen LogP contribution in [0.4, 0.5) is 10.2 Å². The highest BCUT2D eigenvalue weighted by Gasteiger charge is 2.32. The zero-order chi connectivity index (χ0) is 15.3. The quantitative estimate of drug-likeness (QED) is 0.698. The second-order valence-electron chi connectivity index (χ2n) is 5.54. The summed E-state index contributed by atoms with van der Waals surface area (Å²) in [4.78, 5) is 10.7. The second-order valence-corrected chi connectivity index (χ2v) is 6.45. The minimum atomic E-state index is -0.292. The van der Waals surface area contributed by atoms with Crippen LogP contribution in [0.1, 0.15) is 11.9 Å². The number of halogens is 2. The van der Waals surface area contributed by atoms with E-state index in [1.807, 2.05) is 30.0 Å². The highest BCUT2D eigenvalue weighted by Crippen LogP contribution is 2.32. The van der Waals surface area contributed by atoms with Gasteiger partial charge >= 0.3 is 0 Å². The molecule has 6 heteroatoms. The average molecular weight is 361 g/mol. The van der Waals surface area contributed by atoms with Crippen molar-refractivity contribution in [2.45, 2.75) is 13.0 Å². The molecule has 112 valence electrons. The molecule has 22 heavy (non-hydrogen) atoms. The minimum absolute atomic E-state index is 0.292. The van der Waals surface area contributed by atoms with Gasteiger partial charge in [0, 0.05) is 23.8 Å². The molecule has 1 saturated heterocycles. The molecule has 4 rings (SSSR count). The van der Waals surface area contributed by atoms with Crippen molar-refractivity contribution in [2.24, 2.45) is 0 Å². The van der Waals surface area contributed by atoms with Gasteiger partial charge in [0.05, 0.1) is 17.1 Å². The Kier molecular flexibility index (Phi) is 3.14. The summed E-state index contributed by atoms with van der Waals surface area (Å²) in [6, 6.07) is 9.87. The Morgan fingerprint density at radius 1 is 1.27 bits per heavy atom. The molecule has 1 aliphatic rings. The molecule has 0 atom stereocenters. The van der Waals surface area contributed by atoms with Crippen LogP contribution in [-0.4, -0.2) is 27.6 Å². The predicted molar refractivity (Wildman–Crippen MR) is 87.6 cm³/mol. The first-order valence-electron chi connectivity index (χ1n) is 7.13. The standard InChI is InChI=1S/C16H14BrFN4/c1-10-20-14-4-2-3-5-15(14)22(10)12-8-21(9-12)16-13(18)6-11(17)7-19-16/h2-7,12H,8-9H2,1H3. The first kappa shape index (κ1) is 13.7. The van der Waals surface area contributed by atoms with Gasteiger partial charge in [-0.25, -0.2) is 14.4 Å². The highest BCUT2D eigenvalue weighted by atomic mass is 79.9. The van der Waals surface area contributed by atoms with Gasteiger partial charge in [-0.15, -0.1) is 0 Å². The Morgan fingerprint density at radius 3 is 2.82 bits per heavy atom. The van der Waals surface area contributed by atoms with Crippen LogP contribution in [0.2, 0.25) is 0 Å². The van der Waals surface area contributed by atoms with E-state index in [2.05, 4.69) is 36.5 Å². The largest absolute Gasteiger partial charge is 0.350 e. The number of anilines is 1. The van der Waals surface area contributed by atoms with E-state index in [0.717, 1.165) is 29.9 Å². The van der Waals surface area contributed by atoms with Crippen molar-refractivity contribution in [3.8, 4) is 0 Å². The first-order valence-corrected chi connectivity index (χ1v) is 7.92. The maximum Gasteiger partial charge on any atom is 0.166 e. The monoisotopic (exact) mass is 360 g/mol. The lowest BCUT2D eigenvalue weighted by Gasteiger charge is -2.41. The van der Waals surface area contributed by atoms with E-state index in [-0.39, 0.29) is 5.82 Å². The Balaban J connectivity index is 1.61. The molecule has 2 aromatic heterocycles. The lowest BCUT2D eigenvalue weighted by molar-refractivity contribution is 0.393. The summed E-state index contributed by atoms with van der Waals surface area (Å²) >= 11 is 3.23. The summed E-state index contributed by atoms with van der Waals surface area (Å²) in [5, 5.41) is 0. The Bertz CT molecular complexity index is 854. The fourth-order valence-corrected chi connectivity index (χ4v) is 3.36. The Hall–Kier alpha value is -1.95. The maximum atomic E-state index is 14.0. The van der Waals surface area contributed by atoms with Gasteiger partial charge < -0.3 is 9.47 Å². The van der Waals surface area contributed by atoms with Gasteiger partial charge in [0.1, 0.15) is 5.82 Å². The third-order valence-electron chi connectivity index (χ3n) is 4.09. The minimum Gasteiger partial charge on any atom is -0.350 e. The number of hydrogen-bond acceptors (Lipinski definition) is 3. The van der Waals surface area contributed by atoms with Gasteiger partial charge in [-0.2, -0.15) is 0 Å². The van der Waals surface area contributed by atoms with Crippen molar-refractivity contribution in [3.63, 3.8) is 0 Å². The van der Waals surface area contributed by atoms with E-state index in [1.54, 1.807) is 6.20 Å². The number of pyridine rings is 1. The van der Waals surface area contributed by atoms with Crippen molar-refractivity contribution >= 4 is 32.8 Å². The summed E-state index contributed by atoms with van der Waals surface area (Å²) in [5.41, 5.74) is 2.14. The normalized spacial score (nSPS) is 15.3. The number of rotatable bonds is 2. The number of aromatic nitrogens is 3. The number of fused-ring (bicyclic) bond motifs is 1. The number of benzene rings is 1. The predicted octanol–water partition coefficient (Wildman–Crippen LogP) is 3.70. The molecule has 1 fully saturated rings. The van der Waals surface area contributed by atoms with E-state index < -0.39 is 0 Å². The van der Waals surface area contributed by atoms with E-state index in [9.17, 15) is 4.39 Å². The van der Waals surface area contributed by atoms with Gasteiger partial charge in [0.25, 0.3) is 0 Å². The fraction of sp³-hybridized carbons (Fsp3) is 0.250. The molecule has 0 N–H and O–H groups in total. The third-order valence-corrected chi connectivity index (χ3v) is 4.52. The van der Waals surface area contributed by atoms with Gasteiger partial charge in [0.15, 0.2) is 11.6 Å². The third kappa shape index (κ3) is 2.09. The first-order chi connectivity index (χ1) is 10.6. The van der Waals surface area contributed by atoms with Crippen LogP contribution in [-0.2, 0) is 0 Å². The molecule has 0 amide bonds. The van der Waals surface area contributed by atoms with Crippen molar-refractivity contribution in [1.29, 1.82) is 0 Å². The van der Waals surface area contributed by atoms with Crippen molar-refractivity contribution in [1.82, 2.24) is 14.5 Å². The SMILES string of the molecule is Cc1nc2ccccc2n1C1CN(c2ncc(Br)cc2F)C1. The molecule has 0 radical (unpaired) electrons. The maximum absolute atomic E-state index is 14.0. The lowest BCUT2D eigenvalue weighted by Crippen LogP contribution is -2.48. The summed E-state index contributed by atoms with van der Waals surface area (Å²) in [5.74, 6) is 1.12. The zero-order valence-electron chi connectivity index (χ0n) is 12.0. The summed E-state index contributed by atoms with van der Waals surface area (Å²) in [6.07, 6.45) is 1.63. The van der Waals surface area contributed by atoms with E-state index in [0.29, 0.717) is 16.3 Å². The number of hydrogen-bond donors (Lipinski definition) is 0. The zero-order valence-corrected chi connectivity index (χ0v) is 13.6. The molecule has 1 aromatic carbocycles. The number of imidazole rings is 1. The number of nitrogens with zero attached hydrogens (tertiary/aromatic N) is 4. The van der Waals surface area contributed by atoms with Crippen LogP contribution in [0.5, 0.6) is 0 Å². The van der Waals surface area contributed by atoms with Crippen LogP contribution < -0.4 is 4.90 Å². The molecular formula is C16H14BrFN4. The van der Waals surface area contributed by atoms with Crippen molar-refractivity contribution in [2.75, 3.05) is 18.0 Å². The molecule has 4 nitrogen and oxygen atoms in total. The van der Waals surface area contributed by atoms with Crippen LogP contribution in [0.15, 0.2) is 41.0 Å². The Morgan fingerprint density at radius 2 is 2.05 bits per heavy atom. The average Bonchev–Trinajstić information content (AvgIpc) is 2.76. The number of aryl methyl sites for hydroxylation is 1. The Labute approximate surface area is 135 Å². The summed E-state index contributed by atoms with van der Waals surface area (Å²) in [6.45, 7) is 3.50.